The minimum absolute atomic E-state index is 0.160. The number of aryl methyl sites for hydroxylation is 2. The molecule has 0 N–H and O–H groups in total. The average molecular weight is 349 g/mol. The van der Waals surface area contributed by atoms with Crippen molar-refractivity contribution in [3.63, 3.8) is 0 Å². The van der Waals surface area contributed by atoms with E-state index in [0.29, 0.717) is 36.1 Å². The highest BCUT2D eigenvalue weighted by Crippen LogP contribution is 2.17. The summed E-state index contributed by atoms with van der Waals surface area (Å²) >= 11 is 0. The lowest BCUT2D eigenvalue weighted by Gasteiger charge is -2.22. The molecule has 0 aliphatic rings. The number of amides is 1. The van der Waals surface area contributed by atoms with Crippen LogP contribution in [0, 0.1) is 6.92 Å². The summed E-state index contributed by atoms with van der Waals surface area (Å²) in [6.07, 6.45) is 0. The molecule has 0 aliphatic carbocycles. The fraction of sp³-hybridized carbons (Fsp3) is 0.286. The molecule has 5 heteroatoms. The Hall–Kier alpha value is -2.95. The van der Waals surface area contributed by atoms with Gasteiger partial charge in [0.05, 0.1) is 5.39 Å². The summed E-state index contributed by atoms with van der Waals surface area (Å²) in [4.78, 5) is 27.4. The summed E-state index contributed by atoms with van der Waals surface area (Å²) in [5.41, 5.74) is 2.40. The Kier molecular flexibility index (Phi) is 5.16. The number of rotatable bonds is 5. The quantitative estimate of drug-likeness (QED) is 0.709. The number of aromatic nitrogens is 2. The monoisotopic (exact) mass is 349 g/mol. The summed E-state index contributed by atoms with van der Waals surface area (Å²) < 4.78 is 1.36. The fourth-order valence-corrected chi connectivity index (χ4v) is 3.12. The van der Waals surface area contributed by atoms with Crippen LogP contribution in [0.2, 0.25) is 0 Å². The molecule has 0 spiro atoms. The van der Waals surface area contributed by atoms with Gasteiger partial charge in [-0.25, -0.2) is 4.68 Å². The molecule has 0 atom stereocenters. The first-order chi connectivity index (χ1) is 12.5. The highest BCUT2D eigenvalue weighted by atomic mass is 16.2. The van der Waals surface area contributed by atoms with Crippen molar-refractivity contribution in [1.29, 1.82) is 0 Å². The first kappa shape index (κ1) is 17.9. The second-order valence-electron chi connectivity index (χ2n) is 6.32. The van der Waals surface area contributed by atoms with Crippen LogP contribution in [0.3, 0.4) is 0 Å². The molecule has 0 bridgehead atoms. The molecular weight excluding hydrogens is 326 g/mol. The first-order valence-electron chi connectivity index (χ1n) is 8.89. The SMILES string of the molecule is CCN(Cc1cccc(C)c1)C(=O)c1nn(CC)c(=O)c2ccccc12. The number of hydrogen-bond acceptors (Lipinski definition) is 3. The number of hydrogen-bond donors (Lipinski definition) is 0. The van der Waals surface area contributed by atoms with Crippen molar-refractivity contribution in [1.82, 2.24) is 14.7 Å². The summed E-state index contributed by atoms with van der Waals surface area (Å²) in [5, 5.41) is 5.49. The van der Waals surface area contributed by atoms with Gasteiger partial charge in [0.25, 0.3) is 11.5 Å². The predicted octanol–water partition coefficient (Wildman–Crippen LogP) is 3.39. The van der Waals surface area contributed by atoms with E-state index in [1.54, 1.807) is 17.0 Å². The van der Waals surface area contributed by atoms with Crippen molar-refractivity contribution in [3.05, 3.63) is 75.7 Å². The topological polar surface area (TPSA) is 55.2 Å². The van der Waals surface area contributed by atoms with E-state index in [0.717, 1.165) is 11.1 Å². The number of fused-ring (bicyclic) bond motifs is 1. The van der Waals surface area contributed by atoms with E-state index in [9.17, 15) is 9.59 Å². The Morgan fingerprint density at radius 3 is 2.46 bits per heavy atom. The highest BCUT2D eigenvalue weighted by Gasteiger charge is 2.21. The van der Waals surface area contributed by atoms with E-state index in [1.165, 1.54) is 4.68 Å². The molecule has 26 heavy (non-hydrogen) atoms. The van der Waals surface area contributed by atoms with Crippen LogP contribution in [0.4, 0.5) is 0 Å². The number of nitrogens with zero attached hydrogens (tertiary/aromatic N) is 3. The van der Waals surface area contributed by atoms with Gasteiger partial charge in [0.1, 0.15) is 0 Å². The van der Waals surface area contributed by atoms with Crippen LogP contribution < -0.4 is 5.56 Å². The standard InChI is InChI=1S/C21H23N3O2/c1-4-23(14-16-10-8-9-15(3)13-16)21(26)19-17-11-6-7-12-18(17)20(25)24(5-2)22-19/h6-13H,4-5,14H2,1-3H3. The lowest BCUT2D eigenvalue weighted by atomic mass is 10.1. The van der Waals surface area contributed by atoms with Crippen LogP contribution in [0.25, 0.3) is 10.8 Å². The third kappa shape index (κ3) is 3.38. The molecule has 5 nitrogen and oxygen atoms in total. The van der Waals surface area contributed by atoms with Crippen molar-refractivity contribution in [3.8, 4) is 0 Å². The zero-order chi connectivity index (χ0) is 18.7. The summed E-state index contributed by atoms with van der Waals surface area (Å²) in [6.45, 7) is 7.33. The van der Waals surface area contributed by atoms with E-state index in [2.05, 4.69) is 11.2 Å². The van der Waals surface area contributed by atoms with Crippen molar-refractivity contribution in [2.24, 2.45) is 0 Å². The van der Waals surface area contributed by atoms with Gasteiger partial charge < -0.3 is 4.90 Å². The molecule has 0 fully saturated rings. The molecule has 0 aliphatic heterocycles. The van der Waals surface area contributed by atoms with E-state index >= 15 is 0 Å². The molecule has 1 heterocycles. The lowest BCUT2D eigenvalue weighted by Crippen LogP contribution is -2.34. The largest absolute Gasteiger partial charge is 0.333 e. The molecular formula is C21H23N3O2. The Labute approximate surface area is 152 Å². The maximum absolute atomic E-state index is 13.2. The third-order valence-electron chi connectivity index (χ3n) is 4.49. The van der Waals surface area contributed by atoms with Gasteiger partial charge in [-0.15, -0.1) is 0 Å². The third-order valence-corrected chi connectivity index (χ3v) is 4.49. The second-order valence-corrected chi connectivity index (χ2v) is 6.32. The smallest absolute Gasteiger partial charge is 0.275 e. The van der Waals surface area contributed by atoms with E-state index in [1.807, 2.05) is 51.1 Å². The highest BCUT2D eigenvalue weighted by molar-refractivity contribution is 6.04. The van der Waals surface area contributed by atoms with E-state index in [-0.39, 0.29) is 11.5 Å². The minimum atomic E-state index is -0.165. The molecule has 0 saturated carbocycles. The molecule has 1 amide bonds. The second kappa shape index (κ2) is 7.52. The van der Waals surface area contributed by atoms with Gasteiger partial charge >= 0.3 is 0 Å². The minimum Gasteiger partial charge on any atom is -0.333 e. The Morgan fingerprint density at radius 2 is 1.81 bits per heavy atom. The van der Waals surface area contributed by atoms with Crippen molar-refractivity contribution < 1.29 is 4.79 Å². The average Bonchev–Trinajstić information content (AvgIpc) is 2.66. The van der Waals surface area contributed by atoms with Gasteiger partial charge in [-0.05, 0) is 32.4 Å². The van der Waals surface area contributed by atoms with Crippen LogP contribution in [0.5, 0.6) is 0 Å². The lowest BCUT2D eigenvalue weighted by molar-refractivity contribution is 0.0746. The fourth-order valence-electron chi connectivity index (χ4n) is 3.12. The van der Waals surface area contributed by atoms with Gasteiger partial charge in [0.2, 0.25) is 0 Å². The van der Waals surface area contributed by atoms with Crippen LogP contribution >= 0.6 is 0 Å². The van der Waals surface area contributed by atoms with Gasteiger partial charge in [0, 0.05) is 25.0 Å². The molecule has 0 radical (unpaired) electrons. The Morgan fingerprint density at radius 1 is 1.08 bits per heavy atom. The van der Waals surface area contributed by atoms with Gasteiger partial charge in [-0.2, -0.15) is 5.10 Å². The maximum Gasteiger partial charge on any atom is 0.275 e. The molecule has 1 aromatic heterocycles. The van der Waals surface area contributed by atoms with Crippen molar-refractivity contribution in [2.75, 3.05) is 6.54 Å². The van der Waals surface area contributed by atoms with Gasteiger partial charge in [0.15, 0.2) is 5.69 Å². The predicted molar refractivity (Wildman–Crippen MR) is 103 cm³/mol. The Balaban J connectivity index is 2.05. The summed E-state index contributed by atoms with van der Waals surface area (Å²) in [7, 11) is 0. The van der Waals surface area contributed by atoms with Crippen LogP contribution in [0.1, 0.15) is 35.5 Å². The van der Waals surface area contributed by atoms with Crippen molar-refractivity contribution in [2.45, 2.75) is 33.9 Å². The van der Waals surface area contributed by atoms with Crippen LogP contribution in [0.15, 0.2) is 53.3 Å². The van der Waals surface area contributed by atoms with E-state index in [4.69, 9.17) is 0 Å². The van der Waals surface area contributed by atoms with Crippen LogP contribution in [-0.2, 0) is 13.1 Å². The van der Waals surface area contributed by atoms with Gasteiger partial charge in [-0.3, -0.25) is 9.59 Å². The molecule has 0 saturated heterocycles. The summed E-state index contributed by atoms with van der Waals surface area (Å²) in [6, 6.07) is 15.3. The maximum atomic E-state index is 13.2. The van der Waals surface area contributed by atoms with Crippen LogP contribution in [-0.4, -0.2) is 27.1 Å². The number of carbonyl (C=O) groups excluding carboxylic acids is 1. The van der Waals surface area contributed by atoms with Crippen molar-refractivity contribution >= 4 is 16.7 Å². The van der Waals surface area contributed by atoms with Gasteiger partial charge in [-0.1, -0.05) is 48.0 Å². The van der Waals surface area contributed by atoms with E-state index < -0.39 is 0 Å². The molecule has 0 unspecified atom stereocenters. The molecule has 3 rings (SSSR count). The molecule has 134 valence electrons. The summed E-state index contributed by atoms with van der Waals surface area (Å²) in [5.74, 6) is -0.160. The number of benzene rings is 2. The molecule has 2 aromatic carbocycles. The normalized spacial score (nSPS) is 10.9. The molecule has 3 aromatic rings. The first-order valence-corrected chi connectivity index (χ1v) is 8.89. The Bertz CT molecular complexity index is 1010. The zero-order valence-electron chi connectivity index (χ0n) is 15.4. The number of carbonyl (C=O) groups is 1. The zero-order valence-corrected chi connectivity index (χ0v) is 15.4.